The van der Waals surface area contributed by atoms with Gasteiger partial charge in [-0.1, -0.05) is 12.1 Å². The van der Waals surface area contributed by atoms with Gasteiger partial charge in [0.15, 0.2) is 11.6 Å². The zero-order valence-electron chi connectivity index (χ0n) is 10.2. The van der Waals surface area contributed by atoms with E-state index in [2.05, 4.69) is 0 Å². The van der Waals surface area contributed by atoms with E-state index in [1.807, 2.05) is 0 Å². The van der Waals surface area contributed by atoms with Crippen molar-refractivity contribution < 1.29 is 18.6 Å². The van der Waals surface area contributed by atoms with E-state index in [9.17, 15) is 13.9 Å². The first kappa shape index (κ1) is 13.4. The topological polar surface area (TPSA) is 29.5 Å². The molecule has 1 aromatic rings. The monoisotopic (exact) mass is 256 g/mol. The summed E-state index contributed by atoms with van der Waals surface area (Å²) in [4.78, 5) is 0. The second-order valence-electron chi connectivity index (χ2n) is 4.72. The van der Waals surface area contributed by atoms with Crippen LogP contribution < -0.4 is 0 Å². The Labute approximate surface area is 106 Å². The molecule has 0 spiro atoms. The fraction of sp³-hybridized carbons (Fsp3) is 0.571. The van der Waals surface area contributed by atoms with E-state index in [0.717, 1.165) is 31.9 Å². The van der Waals surface area contributed by atoms with Crippen LogP contribution in [0.15, 0.2) is 18.2 Å². The van der Waals surface area contributed by atoms with E-state index in [-0.39, 0.29) is 11.7 Å². The summed E-state index contributed by atoms with van der Waals surface area (Å²) >= 11 is 0. The van der Waals surface area contributed by atoms with Gasteiger partial charge < -0.3 is 9.84 Å². The summed E-state index contributed by atoms with van der Waals surface area (Å²) in [5.41, 5.74) is 0.0332. The minimum absolute atomic E-state index is 0.0332. The van der Waals surface area contributed by atoms with Crippen molar-refractivity contribution in [2.75, 3.05) is 6.61 Å². The lowest BCUT2D eigenvalue weighted by atomic mass is 9.99. The molecule has 1 aromatic carbocycles. The van der Waals surface area contributed by atoms with Gasteiger partial charge in [0.1, 0.15) is 0 Å². The van der Waals surface area contributed by atoms with Crippen molar-refractivity contribution in [2.24, 2.45) is 0 Å². The van der Waals surface area contributed by atoms with Gasteiger partial charge in [-0.25, -0.2) is 8.78 Å². The minimum Gasteiger partial charge on any atom is -0.388 e. The van der Waals surface area contributed by atoms with Crippen LogP contribution in [0.25, 0.3) is 0 Å². The maximum absolute atomic E-state index is 13.5. The molecule has 2 nitrogen and oxygen atoms in total. The minimum atomic E-state index is -0.966. The first-order valence-electron chi connectivity index (χ1n) is 6.42. The summed E-state index contributed by atoms with van der Waals surface area (Å²) in [6, 6.07) is 3.88. The molecule has 2 atom stereocenters. The van der Waals surface area contributed by atoms with Crippen molar-refractivity contribution in [3.8, 4) is 0 Å². The SMILES string of the molecule is OC(CCC1CCCCO1)c1cccc(F)c1F. The summed E-state index contributed by atoms with van der Waals surface area (Å²) in [7, 11) is 0. The van der Waals surface area contributed by atoms with Gasteiger partial charge in [-0.05, 0) is 38.2 Å². The van der Waals surface area contributed by atoms with Gasteiger partial charge in [0.2, 0.25) is 0 Å². The van der Waals surface area contributed by atoms with Crippen molar-refractivity contribution in [1.82, 2.24) is 0 Å². The standard InChI is InChI=1S/C14H18F2O2/c15-12-6-3-5-11(14(12)16)13(17)8-7-10-4-1-2-9-18-10/h3,5-6,10,13,17H,1-2,4,7-9H2. The Balaban J connectivity index is 1.90. The Kier molecular flexibility index (Phi) is 4.66. The molecular formula is C14H18F2O2. The normalized spacial score (nSPS) is 21.8. The van der Waals surface area contributed by atoms with E-state index in [4.69, 9.17) is 4.74 Å². The van der Waals surface area contributed by atoms with Gasteiger partial charge in [0, 0.05) is 12.2 Å². The number of halogens is 2. The molecule has 0 aromatic heterocycles. The predicted octanol–water partition coefficient (Wildman–Crippen LogP) is 3.35. The van der Waals surface area contributed by atoms with Crippen LogP contribution in [0.2, 0.25) is 0 Å². The van der Waals surface area contributed by atoms with Gasteiger partial charge >= 0.3 is 0 Å². The summed E-state index contributed by atoms with van der Waals surface area (Å²) in [5, 5.41) is 9.89. The number of hydrogen-bond acceptors (Lipinski definition) is 2. The van der Waals surface area contributed by atoms with Crippen LogP contribution in [0.5, 0.6) is 0 Å². The lowest BCUT2D eigenvalue weighted by Crippen LogP contribution is -2.19. The highest BCUT2D eigenvalue weighted by molar-refractivity contribution is 5.21. The van der Waals surface area contributed by atoms with Crippen molar-refractivity contribution in [1.29, 1.82) is 0 Å². The molecule has 1 aliphatic heterocycles. The van der Waals surface area contributed by atoms with Crippen molar-refractivity contribution in [2.45, 2.75) is 44.3 Å². The summed E-state index contributed by atoms with van der Waals surface area (Å²) in [6.07, 6.45) is 3.45. The first-order valence-corrected chi connectivity index (χ1v) is 6.42. The molecule has 1 N–H and O–H groups in total. The van der Waals surface area contributed by atoms with Crippen molar-refractivity contribution >= 4 is 0 Å². The van der Waals surface area contributed by atoms with Crippen molar-refractivity contribution in [3.63, 3.8) is 0 Å². The maximum atomic E-state index is 13.5. The Morgan fingerprint density at radius 1 is 1.33 bits per heavy atom. The molecule has 100 valence electrons. The van der Waals surface area contributed by atoms with E-state index in [0.29, 0.717) is 12.8 Å². The highest BCUT2D eigenvalue weighted by atomic mass is 19.2. The Bertz CT molecular complexity index is 389. The predicted molar refractivity (Wildman–Crippen MR) is 64.1 cm³/mol. The smallest absolute Gasteiger partial charge is 0.164 e. The first-order chi connectivity index (χ1) is 8.68. The highest BCUT2D eigenvalue weighted by Gasteiger charge is 2.19. The van der Waals surface area contributed by atoms with E-state index in [1.54, 1.807) is 0 Å². The molecular weight excluding hydrogens is 238 g/mol. The molecule has 18 heavy (non-hydrogen) atoms. The third kappa shape index (κ3) is 3.27. The Hall–Kier alpha value is -1.00. The third-order valence-corrected chi connectivity index (χ3v) is 3.38. The summed E-state index contributed by atoms with van der Waals surface area (Å²) in [6.45, 7) is 0.759. The number of hydrogen-bond donors (Lipinski definition) is 1. The van der Waals surface area contributed by atoms with Crippen LogP contribution in [-0.2, 0) is 4.74 Å². The van der Waals surface area contributed by atoms with Crippen LogP contribution in [0.3, 0.4) is 0 Å². The largest absolute Gasteiger partial charge is 0.388 e. The van der Waals surface area contributed by atoms with Gasteiger partial charge in [0.05, 0.1) is 12.2 Å². The molecule has 1 heterocycles. The quantitative estimate of drug-likeness (QED) is 0.895. The highest BCUT2D eigenvalue weighted by Crippen LogP contribution is 2.26. The van der Waals surface area contributed by atoms with Crippen LogP contribution >= 0.6 is 0 Å². The van der Waals surface area contributed by atoms with Gasteiger partial charge in [-0.2, -0.15) is 0 Å². The molecule has 1 saturated heterocycles. The average molecular weight is 256 g/mol. The molecule has 0 radical (unpaired) electrons. The zero-order chi connectivity index (χ0) is 13.0. The van der Waals surface area contributed by atoms with Crippen LogP contribution in [0, 0.1) is 11.6 Å². The molecule has 0 saturated carbocycles. The molecule has 0 aliphatic carbocycles. The second kappa shape index (κ2) is 6.25. The molecule has 4 heteroatoms. The third-order valence-electron chi connectivity index (χ3n) is 3.38. The van der Waals surface area contributed by atoms with E-state index >= 15 is 0 Å². The maximum Gasteiger partial charge on any atom is 0.164 e. The number of aliphatic hydroxyl groups is 1. The van der Waals surface area contributed by atoms with Crippen LogP contribution in [0.4, 0.5) is 8.78 Å². The number of benzene rings is 1. The van der Waals surface area contributed by atoms with E-state index < -0.39 is 17.7 Å². The van der Waals surface area contributed by atoms with Gasteiger partial charge in [-0.15, -0.1) is 0 Å². The van der Waals surface area contributed by atoms with Gasteiger partial charge in [-0.3, -0.25) is 0 Å². The average Bonchev–Trinajstić information content (AvgIpc) is 2.40. The Morgan fingerprint density at radius 2 is 2.17 bits per heavy atom. The number of rotatable bonds is 4. The van der Waals surface area contributed by atoms with E-state index in [1.165, 1.54) is 12.1 Å². The number of ether oxygens (including phenoxy) is 1. The van der Waals surface area contributed by atoms with Crippen LogP contribution in [-0.4, -0.2) is 17.8 Å². The molecule has 1 fully saturated rings. The summed E-state index contributed by atoms with van der Waals surface area (Å²) in [5.74, 6) is -1.87. The fourth-order valence-electron chi connectivity index (χ4n) is 2.31. The molecule has 0 bridgehead atoms. The second-order valence-corrected chi connectivity index (χ2v) is 4.72. The van der Waals surface area contributed by atoms with Gasteiger partial charge in [0.25, 0.3) is 0 Å². The molecule has 0 amide bonds. The van der Waals surface area contributed by atoms with Crippen LogP contribution in [0.1, 0.15) is 43.8 Å². The fourth-order valence-corrected chi connectivity index (χ4v) is 2.31. The zero-order valence-corrected chi connectivity index (χ0v) is 10.2. The van der Waals surface area contributed by atoms with Crippen molar-refractivity contribution in [3.05, 3.63) is 35.4 Å². The Morgan fingerprint density at radius 3 is 2.89 bits per heavy atom. The lowest BCUT2D eigenvalue weighted by Gasteiger charge is -2.23. The summed E-state index contributed by atoms with van der Waals surface area (Å²) < 4.78 is 32.0. The molecule has 1 aliphatic rings. The molecule has 2 unspecified atom stereocenters. The lowest BCUT2D eigenvalue weighted by molar-refractivity contribution is 0.00186. The number of aliphatic hydroxyl groups excluding tert-OH is 1. The molecule has 2 rings (SSSR count).